The lowest BCUT2D eigenvalue weighted by atomic mass is 9.95. The maximum absolute atomic E-state index is 13.7. The topological polar surface area (TPSA) is 207 Å². The van der Waals surface area contributed by atoms with E-state index in [-0.39, 0.29) is 24.9 Å². The fourth-order valence-electron chi connectivity index (χ4n) is 2.45. The average Bonchev–Trinajstić information content (AvgIpc) is 2.58. The van der Waals surface area contributed by atoms with Gasteiger partial charge >= 0.3 is 6.03 Å². The number of nitrogens with zero attached hydrogens (tertiary/aromatic N) is 3. The van der Waals surface area contributed by atoms with Gasteiger partial charge in [0.05, 0.1) is 6.54 Å². The van der Waals surface area contributed by atoms with E-state index in [1.54, 1.807) is 0 Å². The lowest BCUT2D eigenvalue weighted by Gasteiger charge is -2.39. The molecule has 1 aliphatic rings. The summed E-state index contributed by atoms with van der Waals surface area (Å²) in [5, 5.41) is 4.32. The molecule has 4 amide bonds. The van der Waals surface area contributed by atoms with Crippen molar-refractivity contribution in [2.45, 2.75) is 30.8 Å². The molecule has 0 spiro atoms. The minimum absolute atomic E-state index is 0.0293. The van der Waals surface area contributed by atoms with E-state index in [0.29, 0.717) is 19.4 Å². The van der Waals surface area contributed by atoms with Crippen LogP contribution in [-0.2, 0) is 9.59 Å². The molecule has 0 fully saturated rings. The van der Waals surface area contributed by atoms with Gasteiger partial charge in [0.15, 0.2) is 11.5 Å². The van der Waals surface area contributed by atoms with Gasteiger partial charge in [-0.25, -0.2) is 14.2 Å². The molecule has 27 heavy (non-hydrogen) atoms. The second-order valence-electron chi connectivity index (χ2n) is 6.14. The Morgan fingerprint density at radius 3 is 2.63 bits per heavy atom. The molecular formula is C14H26FN9O3. The molecule has 2 atom stereocenters. The summed E-state index contributed by atoms with van der Waals surface area (Å²) in [7, 11) is 1.30. The van der Waals surface area contributed by atoms with E-state index in [1.807, 2.05) is 0 Å². The van der Waals surface area contributed by atoms with Crippen molar-refractivity contribution in [1.82, 2.24) is 15.5 Å². The number of hydrogen-bond acceptors (Lipinski definition) is 6. The second kappa shape index (κ2) is 9.66. The summed E-state index contributed by atoms with van der Waals surface area (Å²) < 4.78 is 13.7. The van der Waals surface area contributed by atoms with Gasteiger partial charge in [-0.15, -0.1) is 0 Å². The molecule has 0 aromatic carbocycles. The highest BCUT2D eigenvalue weighted by Gasteiger charge is 2.47. The number of nitrogens with one attached hydrogen (secondary N) is 2. The summed E-state index contributed by atoms with van der Waals surface area (Å²) in [5.41, 5.74) is 19.5. The van der Waals surface area contributed by atoms with Gasteiger partial charge in [-0.05, 0) is 12.8 Å². The molecule has 13 heteroatoms. The van der Waals surface area contributed by atoms with Gasteiger partial charge < -0.3 is 27.8 Å². The van der Waals surface area contributed by atoms with Gasteiger partial charge in [-0.3, -0.25) is 25.2 Å². The number of amides is 4. The predicted octanol–water partition coefficient (Wildman–Crippen LogP) is -2.92. The number of hydrogen-bond donors (Lipinski definition) is 6. The van der Waals surface area contributed by atoms with Crippen molar-refractivity contribution in [3.8, 4) is 0 Å². The van der Waals surface area contributed by atoms with E-state index in [2.05, 4.69) is 20.6 Å². The van der Waals surface area contributed by atoms with Crippen molar-refractivity contribution < 1.29 is 18.8 Å². The minimum Gasteiger partial charge on any atom is -0.370 e. The average molecular weight is 387 g/mol. The van der Waals surface area contributed by atoms with Crippen LogP contribution in [0.1, 0.15) is 19.3 Å². The minimum atomic E-state index is -1.82. The zero-order valence-corrected chi connectivity index (χ0v) is 15.1. The SMILES string of the molecule is CN(C(=O)C[C@@H](N)CCCN=C(N)N)[C@@]1(CF)CN=C(NC(N)=O)NC1=O. The number of carbonyl (C=O) groups is 3. The van der Waals surface area contributed by atoms with Crippen LogP contribution in [0, 0.1) is 0 Å². The predicted molar refractivity (Wildman–Crippen MR) is 97.1 cm³/mol. The third-order valence-electron chi connectivity index (χ3n) is 4.10. The summed E-state index contributed by atoms with van der Waals surface area (Å²) in [6, 6.07) is -1.44. The van der Waals surface area contributed by atoms with Crippen molar-refractivity contribution >= 4 is 29.8 Å². The third-order valence-corrected chi connectivity index (χ3v) is 4.10. The van der Waals surface area contributed by atoms with E-state index >= 15 is 0 Å². The van der Waals surface area contributed by atoms with Crippen LogP contribution in [0.25, 0.3) is 0 Å². The highest BCUT2D eigenvalue weighted by Crippen LogP contribution is 2.20. The standard InChI is InChI=1S/C14H26FN9O3/c1-24(9(25)5-8(16)3-2-4-20-11(17)18)14(6-15)7-21-13(22-10(14)26)23-12(19)27/h8H,2-7,16H2,1H3,(H4,17,18,20)(H4,19,21,22,23,26,27)/t8-,14-/m0/s1. The number of likely N-dealkylation sites (N-methyl/N-ethyl adjacent to an activating group) is 1. The second-order valence-corrected chi connectivity index (χ2v) is 6.14. The molecule has 0 unspecified atom stereocenters. The summed E-state index contributed by atoms with van der Waals surface area (Å²) >= 11 is 0. The number of halogens is 1. The number of aliphatic imine (C=N–C) groups is 2. The largest absolute Gasteiger partial charge is 0.370 e. The molecule has 1 heterocycles. The number of rotatable bonds is 8. The van der Waals surface area contributed by atoms with Gasteiger partial charge in [0, 0.05) is 26.1 Å². The lowest BCUT2D eigenvalue weighted by molar-refractivity contribution is -0.146. The molecule has 0 saturated carbocycles. The molecule has 1 aliphatic heterocycles. The first kappa shape index (κ1) is 22.1. The number of urea groups is 1. The quantitative estimate of drug-likeness (QED) is 0.146. The lowest BCUT2D eigenvalue weighted by Crippen LogP contribution is -2.68. The van der Waals surface area contributed by atoms with Crippen molar-refractivity contribution in [3.05, 3.63) is 0 Å². The molecule has 152 valence electrons. The highest BCUT2D eigenvalue weighted by atomic mass is 19.1. The van der Waals surface area contributed by atoms with Crippen LogP contribution in [0.4, 0.5) is 9.18 Å². The van der Waals surface area contributed by atoms with Gasteiger partial charge in [0.2, 0.25) is 11.9 Å². The van der Waals surface area contributed by atoms with Crippen LogP contribution >= 0.6 is 0 Å². The normalized spacial score (nSPS) is 20.1. The number of nitrogens with two attached hydrogens (primary N) is 4. The Hall–Kier alpha value is -2.96. The molecule has 0 aliphatic carbocycles. The van der Waals surface area contributed by atoms with E-state index in [0.717, 1.165) is 4.90 Å². The third kappa shape index (κ3) is 6.06. The molecule has 0 aromatic rings. The van der Waals surface area contributed by atoms with E-state index in [1.165, 1.54) is 7.05 Å². The highest BCUT2D eigenvalue weighted by molar-refractivity contribution is 6.09. The van der Waals surface area contributed by atoms with Crippen molar-refractivity contribution in [3.63, 3.8) is 0 Å². The molecule has 0 bridgehead atoms. The first-order chi connectivity index (χ1) is 12.6. The van der Waals surface area contributed by atoms with Gasteiger partial charge in [0.1, 0.15) is 6.67 Å². The van der Waals surface area contributed by atoms with Crippen LogP contribution in [0.15, 0.2) is 9.98 Å². The number of alkyl halides is 1. The van der Waals surface area contributed by atoms with Gasteiger partial charge in [0.25, 0.3) is 5.91 Å². The summed E-state index contributed by atoms with van der Waals surface area (Å²) in [4.78, 5) is 44.3. The Bertz CT molecular complexity index is 635. The van der Waals surface area contributed by atoms with Gasteiger partial charge in [-0.2, -0.15) is 0 Å². The number of primary amides is 1. The molecule has 0 saturated heterocycles. The van der Waals surface area contributed by atoms with Gasteiger partial charge in [-0.1, -0.05) is 0 Å². The van der Waals surface area contributed by atoms with Crippen LogP contribution in [0.5, 0.6) is 0 Å². The first-order valence-corrected chi connectivity index (χ1v) is 8.18. The van der Waals surface area contributed by atoms with Crippen LogP contribution in [-0.4, -0.2) is 73.1 Å². The van der Waals surface area contributed by atoms with Crippen LogP contribution in [0.3, 0.4) is 0 Å². The van der Waals surface area contributed by atoms with E-state index in [4.69, 9.17) is 22.9 Å². The molecule has 12 nitrogen and oxygen atoms in total. The Balaban J connectivity index is 2.71. The number of carbonyl (C=O) groups excluding carboxylic acids is 3. The molecule has 1 rings (SSSR count). The molecule has 0 aromatic heterocycles. The van der Waals surface area contributed by atoms with E-state index < -0.39 is 36.1 Å². The smallest absolute Gasteiger partial charge is 0.318 e. The first-order valence-electron chi connectivity index (χ1n) is 8.18. The molecular weight excluding hydrogens is 361 g/mol. The fourth-order valence-corrected chi connectivity index (χ4v) is 2.45. The maximum Gasteiger partial charge on any atom is 0.318 e. The Morgan fingerprint density at radius 2 is 2.11 bits per heavy atom. The Labute approximate surface area is 155 Å². The summed E-state index contributed by atoms with van der Waals surface area (Å²) in [6.45, 7) is -1.15. The zero-order chi connectivity index (χ0) is 20.6. The van der Waals surface area contributed by atoms with Crippen LogP contribution in [0.2, 0.25) is 0 Å². The van der Waals surface area contributed by atoms with Crippen molar-refractivity contribution in [2.24, 2.45) is 32.9 Å². The van der Waals surface area contributed by atoms with E-state index in [9.17, 15) is 18.8 Å². The van der Waals surface area contributed by atoms with Crippen LogP contribution < -0.4 is 33.6 Å². The fraction of sp³-hybridized carbons (Fsp3) is 0.643. The summed E-state index contributed by atoms with van der Waals surface area (Å²) in [6.07, 6.45) is 0.941. The Kier molecular flexibility index (Phi) is 7.90. The number of guanidine groups is 2. The Morgan fingerprint density at radius 1 is 1.44 bits per heavy atom. The zero-order valence-electron chi connectivity index (χ0n) is 15.1. The summed E-state index contributed by atoms with van der Waals surface area (Å²) in [5.74, 6) is -1.56. The molecule has 0 radical (unpaired) electrons. The van der Waals surface area contributed by atoms with Crippen molar-refractivity contribution in [1.29, 1.82) is 0 Å². The maximum atomic E-state index is 13.7. The molecule has 10 N–H and O–H groups in total. The van der Waals surface area contributed by atoms with Crippen molar-refractivity contribution in [2.75, 3.05) is 26.8 Å². The monoisotopic (exact) mass is 387 g/mol.